The summed E-state index contributed by atoms with van der Waals surface area (Å²) in [7, 11) is 0. The Morgan fingerprint density at radius 2 is 1.96 bits per heavy atom. The van der Waals surface area contributed by atoms with Crippen molar-refractivity contribution in [1.82, 2.24) is 15.2 Å². The van der Waals surface area contributed by atoms with Crippen molar-refractivity contribution in [3.05, 3.63) is 59.9 Å². The molecule has 1 aromatic carbocycles. The van der Waals surface area contributed by atoms with Crippen molar-refractivity contribution in [3.8, 4) is 0 Å². The van der Waals surface area contributed by atoms with Crippen LogP contribution in [0.1, 0.15) is 17.5 Å². The van der Waals surface area contributed by atoms with E-state index >= 15 is 0 Å². The van der Waals surface area contributed by atoms with E-state index in [9.17, 15) is 9.59 Å². The van der Waals surface area contributed by atoms with Crippen molar-refractivity contribution in [1.29, 1.82) is 0 Å². The number of hydrogen-bond donors (Lipinski definition) is 1. The van der Waals surface area contributed by atoms with Crippen molar-refractivity contribution in [2.45, 2.75) is 19.4 Å². The molecule has 140 valence electrons. The van der Waals surface area contributed by atoms with Gasteiger partial charge in [0.25, 0.3) is 0 Å². The molecule has 6 heteroatoms. The van der Waals surface area contributed by atoms with Crippen LogP contribution in [0, 0.1) is 5.92 Å². The smallest absolute Gasteiger partial charge is 0.225 e. The Morgan fingerprint density at radius 3 is 2.81 bits per heavy atom. The highest BCUT2D eigenvalue weighted by Crippen LogP contribution is 2.26. The lowest BCUT2D eigenvalue weighted by Gasteiger charge is -2.20. The van der Waals surface area contributed by atoms with E-state index in [0.717, 1.165) is 25.1 Å². The standard InChI is InChI=1S/C21H24N4O2/c26-20-13-18(15-25(20)14-16-5-8-22-9-6-16)21(27)23-10-12-24-11-7-17-3-1-2-4-19(17)24/h1-6,8-9,18H,7,10-15H2,(H,23,27). The fourth-order valence-electron chi connectivity index (χ4n) is 3.91. The summed E-state index contributed by atoms with van der Waals surface area (Å²) < 4.78 is 0. The van der Waals surface area contributed by atoms with E-state index in [0.29, 0.717) is 26.1 Å². The molecule has 3 heterocycles. The molecule has 1 N–H and O–H groups in total. The SMILES string of the molecule is O=C(NCCN1CCc2ccccc21)C1CC(=O)N(Cc2ccncc2)C1. The highest BCUT2D eigenvalue weighted by atomic mass is 16.2. The molecule has 0 aliphatic carbocycles. The average Bonchev–Trinajstić information content (AvgIpc) is 3.27. The van der Waals surface area contributed by atoms with Crippen LogP contribution in [-0.2, 0) is 22.6 Å². The summed E-state index contributed by atoms with van der Waals surface area (Å²) >= 11 is 0. The van der Waals surface area contributed by atoms with Gasteiger partial charge in [0.1, 0.15) is 0 Å². The van der Waals surface area contributed by atoms with Gasteiger partial charge in [-0.1, -0.05) is 18.2 Å². The summed E-state index contributed by atoms with van der Waals surface area (Å²) in [5, 5.41) is 3.02. The maximum Gasteiger partial charge on any atom is 0.225 e. The third kappa shape index (κ3) is 3.94. The molecule has 1 fully saturated rings. The van der Waals surface area contributed by atoms with Gasteiger partial charge in [0, 0.05) is 57.2 Å². The number of aromatic nitrogens is 1. The van der Waals surface area contributed by atoms with Crippen LogP contribution in [0.3, 0.4) is 0 Å². The van der Waals surface area contributed by atoms with E-state index in [4.69, 9.17) is 0 Å². The first-order chi connectivity index (χ1) is 13.2. The number of carbonyl (C=O) groups excluding carboxylic acids is 2. The predicted octanol–water partition coefficient (Wildman–Crippen LogP) is 1.61. The number of likely N-dealkylation sites (tertiary alicyclic amines) is 1. The monoisotopic (exact) mass is 364 g/mol. The topological polar surface area (TPSA) is 65.5 Å². The first kappa shape index (κ1) is 17.5. The molecule has 0 radical (unpaired) electrons. The Labute approximate surface area is 159 Å². The second kappa shape index (κ2) is 7.78. The molecule has 1 unspecified atom stereocenters. The number of carbonyl (C=O) groups is 2. The van der Waals surface area contributed by atoms with Crippen LogP contribution in [-0.4, -0.2) is 47.9 Å². The van der Waals surface area contributed by atoms with E-state index in [1.165, 1.54) is 11.3 Å². The van der Waals surface area contributed by atoms with Crippen LogP contribution in [0.25, 0.3) is 0 Å². The summed E-state index contributed by atoms with van der Waals surface area (Å²) in [4.78, 5) is 32.8. The average molecular weight is 364 g/mol. The third-order valence-corrected chi connectivity index (χ3v) is 5.37. The van der Waals surface area contributed by atoms with Gasteiger partial charge in [-0.3, -0.25) is 14.6 Å². The second-order valence-corrected chi connectivity index (χ2v) is 7.19. The van der Waals surface area contributed by atoms with Crippen LogP contribution in [0.4, 0.5) is 5.69 Å². The Bertz CT molecular complexity index is 824. The molecular weight excluding hydrogens is 340 g/mol. The molecule has 2 aliphatic heterocycles. The lowest BCUT2D eigenvalue weighted by atomic mass is 10.1. The maximum atomic E-state index is 12.5. The first-order valence-electron chi connectivity index (χ1n) is 9.48. The lowest BCUT2D eigenvalue weighted by molar-refractivity contribution is -0.129. The zero-order chi connectivity index (χ0) is 18.6. The van der Waals surface area contributed by atoms with Crippen molar-refractivity contribution in [2.75, 3.05) is 31.1 Å². The summed E-state index contributed by atoms with van der Waals surface area (Å²) in [5.74, 6) is -0.237. The van der Waals surface area contributed by atoms with Gasteiger partial charge in [0.2, 0.25) is 11.8 Å². The number of pyridine rings is 1. The first-order valence-corrected chi connectivity index (χ1v) is 9.48. The Morgan fingerprint density at radius 1 is 1.15 bits per heavy atom. The summed E-state index contributed by atoms with van der Waals surface area (Å²) in [6.07, 6.45) is 4.79. The molecule has 6 nitrogen and oxygen atoms in total. The van der Waals surface area contributed by atoms with Crippen LogP contribution in [0.15, 0.2) is 48.8 Å². The van der Waals surface area contributed by atoms with Crippen molar-refractivity contribution in [2.24, 2.45) is 5.92 Å². The molecule has 0 spiro atoms. The minimum atomic E-state index is -0.259. The van der Waals surface area contributed by atoms with E-state index in [1.54, 1.807) is 17.3 Å². The fourth-order valence-corrected chi connectivity index (χ4v) is 3.91. The molecule has 0 saturated carbocycles. The Hall–Kier alpha value is -2.89. The number of benzene rings is 1. The van der Waals surface area contributed by atoms with Crippen LogP contribution in [0.2, 0.25) is 0 Å². The zero-order valence-corrected chi connectivity index (χ0v) is 15.3. The minimum Gasteiger partial charge on any atom is -0.369 e. The number of nitrogens with one attached hydrogen (secondary N) is 1. The zero-order valence-electron chi connectivity index (χ0n) is 15.3. The Balaban J connectivity index is 1.25. The number of nitrogens with zero attached hydrogens (tertiary/aromatic N) is 3. The van der Waals surface area contributed by atoms with E-state index in [1.807, 2.05) is 12.1 Å². The van der Waals surface area contributed by atoms with Crippen LogP contribution < -0.4 is 10.2 Å². The summed E-state index contributed by atoms with van der Waals surface area (Å²) in [6.45, 7) is 3.42. The van der Waals surface area contributed by atoms with Gasteiger partial charge in [0.15, 0.2) is 0 Å². The fraction of sp³-hybridized carbons (Fsp3) is 0.381. The van der Waals surface area contributed by atoms with Gasteiger partial charge < -0.3 is 15.1 Å². The minimum absolute atomic E-state index is 0.0203. The highest BCUT2D eigenvalue weighted by Gasteiger charge is 2.34. The quantitative estimate of drug-likeness (QED) is 0.846. The number of amides is 2. The van der Waals surface area contributed by atoms with E-state index < -0.39 is 0 Å². The molecule has 1 saturated heterocycles. The van der Waals surface area contributed by atoms with E-state index in [-0.39, 0.29) is 17.7 Å². The molecule has 1 aromatic heterocycles. The maximum absolute atomic E-state index is 12.5. The molecular formula is C21H24N4O2. The third-order valence-electron chi connectivity index (χ3n) is 5.37. The molecule has 4 rings (SSSR count). The molecule has 1 atom stereocenters. The number of rotatable bonds is 6. The molecule has 2 aromatic rings. The van der Waals surface area contributed by atoms with Crippen molar-refractivity contribution in [3.63, 3.8) is 0 Å². The lowest BCUT2D eigenvalue weighted by Crippen LogP contribution is -2.38. The summed E-state index contributed by atoms with van der Waals surface area (Å²) in [5.41, 5.74) is 3.68. The Kier molecular flexibility index (Phi) is 5.05. The van der Waals surface area contributed by atoms with Crippen molar-refractivity contribution >= 4 is 17.5 Å². The molecule has 2 amide bonds. The number of anilines is 1. The number of hydrogen-bond acceptors (Lipinski definition) is 4. The van der Waals surface area contributed by atoms with Gasteiger partial charge in [-0.2, -0.15) is 0 Å². The van der Waals surface area contributed by atoms with Gasteiger partial charge in [-0.25, -0.2) is 0 Å². The molecule has 0 bridgehead atoms. The van der Waals surface area contributed by atoms with Gasteiger partial charge in [0.05, 0.1) is 5.92 Å². The number of fused-ring (bicyclic) bond motifs is 1. The van der Waals surface area contributed by atoms with Gasteiger partial charge >= 0.3 is 0 Å². The normalized spacial score (nSPS) is 18.7. The van der Waals surface area contributed by atoms with E-state index in [2.05, 4.69) is 39.5 Å². The van der Waals surface area contributed by atoms with Crippen molar-refractivity contribution < 1.29 is 9.59 Å². The predicted molar refractivity (Wildman–Crippen MR) is 103 cm³/mol. The summed E-state index contributed by atoms with van der Waals surface area (Å²) in [6, 6.07) is 12.2. The van der Waals surface area contributed by atoms with Gasteiger partial charge in [-0.05, 0) is 35.7 Å². The molecule has 27 heavy (non-hydrogen) atoms. The van der Waals surface area contributed by atoms with Crippen LogP contribution >= 0.6 is 0 Å². The largest absolute Gasteiger partial charge is 0.369 e. The van der Waals surface area contributed by atoms with Gasteiger partial charge in [-0.15, -0.1) is 0 Å². The molecule has 2 aliphatic rings. The number of para-hydroxylation sites is 1. The van der Waals surface area contributed by atoms with Crippen LogP contribution in [0.5, 0.6) is 0 Å². The second-order valence-electron chi connectivity index (χ2n) is 7.19. The highest BCUT2D eigenvalue weighted by molar-refractivity contribution is 5.89.